The van der Waals surface area contributed by atoms with E-state index in [0.717, 1.165) is 32.7 Å². The zero-order chi connectivity index (χ0) is 20.1. The third-order valence-corrected chi connectivity index (χ3v) is 4.72. The van der Waals surface area contributed by atoms with Crippen LogP contribution in [0.4, 0.5) is 0 Å². The molecule has 0 saturated heterocycles. The molecule has 144 valence electrons. The van der Waals surface area contributed by atoms with Crippen molar-refractivity contribution >= 4 is 33.5 Å². The normalized spacial score (nSPS) is 10.8. The van der Waals surface area contributed by atoms with Crippen molar-refractivity contribution in [3.8, 4) is 0 Å². The zero-order valence-corrected chi connectivity index (χ0v) is 15.8. The number of fused-ring (bicyclic) bond motifs is 2. The van der Waals surface area contributed by atoms with E-state index in [0.29, 0.717) is 0 Å². The fourth-order valence-electron chi connectivity index (χ4n) is 3.20. The van der Waals surface area contributed by atoms with Gasteiger partial charge in [0.05, 0.1) is 0 Å². The van der Waals surface area contributed by atoms with E-state index in [-0.39, 0.29) is 13.2 Å². The van der Waals surface area contributed by atoms with Gasteiger partial charge in [-0.3, -0.25) is 9.59 Å². The van der Waals surface area contributed by atoms with E-state index in [1.165, 1.54) is 0 Å². The van der Waals surface area contributed by atoms with Crippen LogP contribution in [-0.2, 0) is 32.3 Å². The second-order valence-corrected chi connectivity index (χ2v) is 6.86. The molecule has 0 bridgehead atoms. The van der Waals surface area contributed by atoms with Gasteiger partial charge in [-0.25, -0.2) is 0 Å². The van der Waals surface area contributed by atoms with E-state index < -0.39 is 18.4 Å². The molecule has 0 aliphatic carbocycles. The summed E-state index contributed by atoms with van der Waals surface area (Å²) in [6.45, 7) is 0.253. The van der Waals surface area contributed by atoms with Gasteiger partial charge in [-0.15, -0.1) is 0 Å². The van der Waals surface area contributed by atoms with Crippen molar-refractivity contribution in [2.24, 2.45) is 0 Å². The molecule has 0 heterocycles. The molecule has 0 N–H and O–H groups in total. The maximum Gasteiger partial charge on any atom is 0.317 e. The molecule has 4 heteroatoms. The van der Waals surface area contributed by atoms with Crippen molar-refractivity contribution in [3.05, 3.63) is 96.1 Å². The maximum absolute atomic E-state index is 12.0. The van der Waals surface area contributed by atoms with Crippen molar-refractivity contribution in [1.29, 1.82) is 0 Å². The minimum absolute atomic E-state index is 0.127. The van der Waals surface area contributed by atoms with Crippen LogP contribution >= 0.6 is 0 Å². The first-order valence-corrected chi connectivity index (χ1v) is 9.44. The lowest BCUT2D eigenvalue weighted by Gasteiger charge is -2.08. The molecule has 4 aromatic rings. The molecule has 0 aliphatic heterocycles. The molecule has 0 aliphatic rings. The quantitative estimate of drug-likeness (QED) is 0.340. The average Bonchev–Trinajstić information content (AvgIpc) is 2.76. The summed E-state index contributed by atoms with van der Waals surface area (Å²) >= 11 is 0. The molecule has 4 aromatic carbocycles. The number of hydrogen-bond acceptors (Lipinski definition) is 4. The Balaban J connectivity index is 1.26. The molecular weight excluding hydrogens is 364 g/mol. The van der Waals surface area contributed by atoms with Gasteiger partial charge in [0, 0.05) is 0 Å². The number of carbonyl (C=O) groups is 2. The molecule has 4 nitrogen and oxygen atoms in total. The van der Waals surface area contributed by atoms with E-state index in [9.17, 15) is 9.59 Å². The van der Waals surface area contributed by atoms with Gasteiger partial charge in [-0.1, -0.05) is 72.8 Å². The number of ether oxygens (including phenoxy) is 2. The fourth-order valence-corrected chi connectivity index (χ4v) is 3.20. The lowest BCUT2D eigenvalue weighted by molar-refractivity contribution is -0.156. The van der Waals surface area contributed by atoms with Gasteiger partial charge in [0.25, 0.3) is 0 Å². The highest BCUT2D eigenvalue weighted by Crippen LogP contribution is 2.17. The van der Waals surface area contributed by atoms with Gasteiger partial charge in [-0.2, -0.15) is 0 Å². The zero-order valence-electron chi connectivity index (χ0n) is 15.8. The number of benzene rings is 4. The molecule has 0 atom stereocenters. The third kappa shape index (κ3) is 4.79. The maximum atomic E-state index is 12.0. The van der Waals surface area contributed by atoms with Crippen molar-refractivity contribution in [3.63, 3.8) is 0 Å². The molecule has 0 spiro atoms. The number of esters is 2. The van der Waals surface area contributed by atoms with Gasteiger partial charge >= 0.3 is 11.9 Å². The van der Waals surface area contributed by atoms with Crippen LogP contribution in [0, 0.1) is 0 Å². The second-order valence-electron chi connectivity index (χ2n) is 6.86. The first-order chi connectivity index (χ1) is 14.2. The summed E-state index contributed by atoms with van der Waals surface area (Å²) in [6, 6.07) is 27.7. The first kappa shape index (κ1) is 18.7. The Morgan fingerprint density at radius 3 is 1.41 bits per heavy atom. The van der Waals surface area contributed by atoms with E-state index in [1.807, 2.05) is 84.9 Å². The molecule has 0 amide bonds. The number of rotatable bonds is 6. The summed E-state index contributed by atoms with van der Waals surface area (Å²) in [5.41, 5.74) is 1.75. The van der Waals surface area contributed by atoms with Crippen molar-refractivity contribution in [2.45, 2.75) is 19.6 Å². The monoisotopic (exact) mass is 384 g/mol. The summed E-state index contributed by atoms with van der Waals surface area (Å²) in [4.78, 5) is 23.9. The summed E-state index contributed by atoms with van der Waals surface area (Å²) in [5, 5.41) is 4.41. The van der Waals surface area contributed by atoms with Crippen LogP contribution in [0.1, 0.15) is 17.5 Å². The van der Waals surface area contributed by atoms with Crippen molar-refractivity contribution in [1.82, 2.24) is 0 Å². The molecular formula is C25H20O4. The topological polar surface area (TPSA) is 52.6 Å². The van der Waals surface area contributed by atoms with E-state index in [2.05, 4.69) is 0 Å². The standard InChI is InChI=1S/C25H20O4/c26-24(28-16-18-9-11-20-5-1-3-7-22(20)13-18)15-25(27)29-17-19-10-12-21-6-2-4-8-23(21)14-19/h1-14H,15-17H2. The van der Waals surface area contributed by atoms with Crippen LogP contribution in [0.5, 0.6) is 0 Å². The lowest BCUT2D eigenvalue weighted by atomic mass is 10.1. The van der Waals surface area contributed by atoms with Gasteiger partial charge in [0.2, 0.25) is 0 Å². The smallest absolute Gasteiger partial charge is 0.317 e. The predicted octanol–water partition coefficient (Wildman–Crippen LogP) is 5.17. The molecule has 4 rings (SSSR count). The third-order valence-electron chi connectivity index (χ3n) is 4.72. The van der Waals surface area contributed by atoms with Crippen LogP contribution in [0.2, 0.25) is 0 Å². The van der Waals surface area contributed by atoms with Crippen LogP contribution in [0.25, 0.3) is 21.5 Å². The lowest BCUT2D eigenvalue weighted by Crippen LogP contribution is -2.13. The summed E-state index contributed by atoms with van der Waals surface area (Å²) in [5.74, 6) is -1.19. The van der Waals surface area contributed by atoms with Crippen LogP contribution in [0.3, 0.4) is 0 Å². The SMILES string of the molecule is O=C(CC(=O)OCc1ccc2ccccc2c1)OCc1ccc2ccccc2c1. The van der Waals surface area contributed by atoms with Crippen molar-refractivity contribution in [2.75, 3.05) is 0 Å². The summed E-state index contributed by atoms with van der Waals surface area (Å²) < 4.78 is 10.4. The van der Waals surface area contributed by atoms with Gasteiger partial charge in [0.1, 0.15) is 19.6 Å². The average molecular weight is 384 g/mol. The van der Waals surface area contributed by atoms with Crippen LogP contribution in [0.15, 0.2) is 84.9 Å². The molecule has 0 saturated carbocycles. The van der Waals surface area contributed by atoms with Crippen molar-refractivity contribution < 1.29 is 19.1 Å². The largest absolute Gasteiger partial charge is 0.460 e. The molecule has 0 fully saturated rings. The minimum atomic E-state index is -0.596. The van der Waals surface area contributed by atoms with E-state index in [4.69, 9.17) is 9.47 Å². The Morgan fingerprint density at radius 1 is 0.552 bits per heavy atom. The number of carbonyl (C=O) groups excluding carboxylic acids is 2. The van der Waals surface area contributed by atoms with Crippen LogP contribution in [-0.4, -0.2) is 11.9 Å². The van der Waals surface area contributed by atoms with E-state index >= 15 is 0 Å². The Kier molecular flexibility index (Phi) is 5.52. The Morgan fingerprint density at radius 2 is 0.966 bits per heavy atom. The van der Waals surface area contributed by atoms with Gasteiger partial charge in [-0.05, 0) is 44.8 Å². The fraction of sp³-hybridized carbons (Fsp3) is 0.120. The first-order valence-electron chi connectivity index (χ1n) is 9.44. The highest BCUT2D eigenvalue weighted by Gasteiger charge is 2.13. The molecule has 0 unspecified atom stereocenters. The highest BCUT2D eigenvalue weighted by molar-refractivity contribution is 5.91. The molecule has 0 radical (unpaired) electrons. The van der Waals surface area contributed by atoms with Gasteiger partial charge in [0.15, 0.2) is 0 Å². The second kappa shape index (κ2) is 8.57. The Bertz CT molecular complexity index is 1090. The summed E-state index contributed by atoms with van der Waals surface area (Å²) in [7, 11) is 0. The molecule has 0 aromatic heterocycles. The van der Waals surface area contributed by atoms with Gasteiger partial charge < -0.3 is 9.47 Å². The summed E-state index contributed by atoms with van der Waals surface area (Å²) in [6.07, 6.45) is -0.402. The highest BCUT2D eigenvalue weighted by atomic mass is 16.6. The minimum Gasteiger partial charge on any atom is -0.460 e. The predicted molar refractivity (Wildman–Crippen MR) is 112 cm³/mol. The van der Waals surface area contributed by atoms with E-state index in [1.54, 1.807) is 0 Å². The van der Waals surface area contributed by atoms with Crippen LogP contribution < -0.4 is 0 Å². The number of hydrogen-bond donors (Lipinski definition) is 0. The Labute approximate surface area is 168 Å². The Hall–Kier alpha value is -3.66. The molecule has 29 heavy (non-hydrogen) atoms.